The summed E-state index contributed by atoms with van der Waals surface area (Å²) in [5.41, 5.74) is 1.11. The van der Waals surface area contributed by atoms with Crippen LogP contribution in [0.15, 0.2) is 51.2 Å². The number of carbonyl (C=O) groups excluding carboxylic acids is 1. The molecule has 1 amide bonds. The monoisotopic (exact) mass is 485 g/mol. The van der Waals surface area contributed by atoms with E-state index in [-0.39, 0.29) is 16.7 Å². The standard InChI is InChI=1S/C23H23N3O5S2/c1-12(33-13(2)21(27)24-14-7-8-17(29-3)18(10-14)30-4)20-25-22(28)19-15(11-32-23(19)26-20)16-6-5-9-31-16/h5-13H,1-4H3,(H,24,27)(H,25,26,28). The molecular weight excluding hydrogens is 462 g/mol. The van der Waals surface area contributed by atoms with Crippen LogP contribution < -0.4 is 20.3 Å². The Kier molecular flexibility index (Phi) is 6.75. The fraction of sp³-hybridized carbons (Fsp3) is 0.261. The Morgan fingerprint density at radius 3 is 2.70 bits per heavy atom. The van der Waals surface area contributed by atoms with Crippen LogP contribution in [0.5, 0.6) is 11.5 Å². The number of thioether (sulfide) groups is 1. The Morgan fingerprint density at radius 2 is 2.00 bits per heavy atom. The zero-order valence-corrected chi connectivity index (χ0v) is 20.1. The average Bonchev–Trinajstić information content (AvgIpc) is 3.48. The van der Waals surface area contributed by atoms with Gasteiger partial charge in [-0.2, -0.15) is 0 Å². The van der Waals surface area contributed by atoms with Gasteiger partial charge in [0, 0.05) is 22.7 Å². The molecule has 0 aliphatic carbocycles. The number of aromatic nitrogens is 2. The van der Waals surface area contributed by atoms with Gasteiger partial charge in [0.05, 0.1) is 36.4 Å². The quantitative estimate of drug-likeness (QED) is 0.358. The van der Waals surface area contributed by atoms with Crippen LogP contribution in [0.25, 0.3) is 21.5 Å². The molecule has 33 heavy (non-hydrogen) atoms. The fourth-order valence-electron chi connectivity index (χ4n) is 3.36. The predicted molar refractivity (Wildman–Crippen MR) is 132 cm³/mol. The van der Waals surface area contributed by atoms with Crippen molar-refractivity contribution >= 4 is 44.9 Å². The molecule has 0 saturated heterocycles. The third-order valence-electron chi connectivity index (χ3n) is 5.06. The normalized spacial score (nSPS) is 13.0. The Bertz CT molecular complexity index is 1330. The Morgan fingerprint density at radius 1 is 1.21 bits per heavy atom. The lowest BCUT2D eigenvalue weighted by molar-refractivity contribution is -0.115. The van der Waals surface area contributed by atoms with Crippen LogP contribution >= 0.6 is 23.1 Å². The molecule has 0 fully saturated rings. The molecule has 0 bridgehead atoms. The number of aromatic amines is 1. The first-order chi connectivity index (χ1) is 15.9. The fourth-order valence-corrected chi connectivity index (χ4v) is 5.33. The molecule has 0 saturated carbocycles. The smallest absolute Gasteiger partial charge is 0.260 e. The molecule has 3 heterocycles. The minimum atomic E-state index is -0.392. The molecule has 3 aromatic heterocycles. The third kappa shape index (κ3) is 4.76. The molecule has 10 heteroatoms. The molecule has 172 valence electrons. The molecule has 0 spiro atoms. The molecule has 0 aliphatic rings. The van der Waals surface area contributed by atoms with Crippen LogP contribution in [0.3, 0.4) is 0 Å². The van der Waals surface area contributed by atoms with Gasteiger partial charge >= 0.3 is 0 Å². The van der Waals surface area contributed by atoms with Gasteiger partial charge in [0.15, 0.2) is 11.5 Å². The first-order valence-electron chi connectivity index (χ1n) is 10.1. The molecule has 4 rings (SSSR count). The number of rotatable bonds is 8. The van der Waals surface area contributed by atoms with Gasteiger partial charge in [-0.3, -0.25) is 9.59 Å². The van der Waals surface area contributed by atoms with Crippen LogP contribution in [0.2, 0.25) is 0 Å². The molecule has 1 aromatic carbocycles. The van der Waals surface area contributed by atoms with Crippen LogP contribution in [0, 0.1) is 0 Å². The van der Waals surface area contributed by atoms with Crippen molar-refractivity contribution in [1.29, 1.82) is 0 Å². The van der Waals surface area contributed by atoms with Crippen molar-refractivity contribution in [3.8, 4) is 22.8 Å². The maximum absolute atomic E-state index is 12.8. The van der Waals surface area contributed by atoms with Crippen molar-refractivity contribution in [3.63, 3.8) is 0 Å². The highest BCUT2D eigenvalue weighted by Gasteiger charge is 2.22. The zero-order valence-electron chi connectivity index (χ0n) is 18.5. The number of benzene rings is 1. The minimum Gasteiger partial charge on any atom is -0.493 e. The summed E-state index contributed by atoms with van der Waals surface area (Å²) in [4.78, 5) is 33.7. The maximum atomic E-state index is 12.8. The van der Waals surface area contributed by atoms with E-state index >= 15 is 0 Å². The third-order valence-corrected chi connectivity index (χ3v) is 7.19. The first-order valence-corrected chi connectivity index (χ1v) is 12.0. The van der Waals surface area contributed by atoms with Crippen LogP contribution in [0.1, 0.15) is 24.9 Å². The Balaban J connectivity index is 1.48. The van der Waals surface area contributed by atoms with Gasteiger partial charge in [0.2, 0.25) is 5.91 Å². The lowest BCUT2D eigenvalue weighted by atomic mass is 10.2. The number of nitrogens with one attached hydrogen (secondary N) is 2. The molecule has 2 N–H and O–H groups in total. The lowest BCUT2D eigenvalue weighted by Gasteiger charge is -2.17. The number of carbonyl (C=O) groups is 1. The van der Waals surface area contributed by atoms with Crippen LogP contribution in [0.4, 0.5) is 5.69 Å². The van der Waals surface area contributed by atoms with Crippen molar-refractivity contribution in [1.82, 2.24) is 9.97 Å². The van der Waals surface area contributed by atoms with Crippen molar-refractivity contribution < 1.29 is 18.7 Å². The number of ether oxygens (including phenoxy) is 2. The number of methoxy groups -OCH3 is 2. The number of thiophene rings is 1. The Labute approximate surface area is 198 Å². The number of fused-ring (bicyclic) bond motifs is 1. The molecule has 2 unspecified atom stereocenters. The maximum Gasteiger partial charge on any atom is 0.260 e. The Hall–Kier alpha value is -3.24. The molecular formula is C23H23N3O5S2. The predicted octanol–water partition coefficient (Wildman–Crippen LogP) is 5.08. The van der Waals surface area contributed by atoms with Gasteiger partial charge in [0.1, 0.15) is 16.4 Å². The molecule has 4 aromatic rings. The lowest BCUT2D eigenvalue weighted by Crippen LogP contribution is -2.23. The van der Waals surface area contributed by atoms with E-state index in [2.05, 4.69) is 15.3 Å². The van der Waals surface area contributed by atoms with Gasteiger partial charge < -0.3 is 24.2 Å². The molecule has 8 nitrogen and oxygen atoms in total. The summed E-state index contributed by atoms with van der Waals surface area (Å²) in [6.45, 7) is 3.73. The van der Waals surface area contributed by atoms with Gasteiger partial charge in [0.25, 0.3) is 5.56 Å². The van der Waals surface area contributed by atoms with Crippen molar-refractivity contribution in [2.24, 2.45) is 0 Å². The van der Waals surface area contributed by atoms with Gasteiger partial charge in [-0.15, -0.1) is 23.1 Å². The number of hydrogen-bond acceptors (Lipinski definition) is 8. The highest BCUT2D eigenvalue weighted by atomic mass is 32.2. The van der Waals surface area contributed by atoms with Crippen LogP contribution in [-0.2, 0) is 4.79 Å². The second-order valence-corrected chi connectivity index (χ2v) is 9.78. The first kappa shape index (κ1) is 22.9. The van der Waals surface area contributed by atoms with Crippen molar-refractivity contribution in [2.45, 2.75) is 24.3 Å². The highest BCUT2D eigenvalue weighted by molar-refractivity contribution is 8.00. The average molecular weight is 486 g/mol. The summed E-state index contributed by atoms with van der Waals surface area (Å²) in [7, 11) is 3.10. The van der Waals surface area contributed by atoms with E-state index in [9.17, 15) is 9.59 Å². The molecule has 2 atom stereocenters. The van der Waals surface area contributed by atoms with Gasteiger partial charge in [-0.25, -0.2) is 4.98 Å². The summed E-state index contributed by atoms with van der Waals surface area (Å²) < 4.78 is 15.9. The van der Waals surface area contributed by atoms with Crippen LogP contribution in [-0.4, -0.2) is 35.3 Å². The van der Waals surface area contributed by atoms with E-state index in [1.807, 2.05) is 25.3 Å². The van der Waals surface area contributed by atoms with Crippen molar-refractivity contribution in [2.75, 3.05) is 19.5 Å². The number of nitrogens with zero attached hydrogens (tertiary/aromatic N) is 1. The van der Waals surface area contributed by atoms with Gasteiger partial charge in [-0.1, -0.05) is 0 Å². The zero-order chi connectivity index (χ0) is 23.5. The number of H-pyrrole nitrogens is 1. The molecule has 0 aliphatic heterocycles. The van der Waals surface area contributed by atoms with E-state index in [4.69, 9.17) is 13.9 Å². The second kappa shape index (κ2) is 9.72. The van der Waals surface area contributed by atoms with Crippen molar-refractivity contribution in [3.05, 3.63) is 58.2 Å². The summed E-state index contributed by atoms with van der Waals surface area (Å²) in [5.74, 6) is 2.10. The highest BCUT2D eigenvalue weighted by Crippen LogP contribution is 2.35. The summed E-state index contributed by atoms with van der Waals surface area (Å²) in [6.07, 6.45) is 1.57. The molecule has 0 radical (unpaired) electrons. The number of hydrogen-bond donors (Lipinski definition) is 2. The van der Waals surface area contributed by atoms with E-state index in [1.54, 1.807) is 44.7 Å². The second-order valence-electron chi connectivity index (χ2n) is 7.24. The number of anilines is 1. The SMILES string of the molecule is COc1ccc(NC(=O)C(C)SC(C)c2nc3scc(-c4ccco4)c3c(=O)[nH]2)cc1OC. The van der Waals surface area contributed by atoms with E-state index in [0.717, 1.165) is 5.56 Å². The largest absolute Gasteiger partial charge is 0.493 e. The minimum absolute atomic E-state index is 0.168. The summed E-state index contributed by atoms with van der Waals surface area (Å²) in [6, 6.07) is 8.78. The van der Waals surface area contributed by atoms with E-state index < -0.39 is 5.25 Å². The van der Waals surface area contributed by atoms with E-state index in [1.165, 1.54) is 23.1 Å². The van der Waals surface area contributed by atoms with E-state index in [0.29, 0.717) is 39.0 Å². The summed E-state index contributed by atoms with van der Waals surface area (Å²) >= 11 is 2.79. The summed E-state index contributed by atoms with van der Waals surface area (Å²) in [5, 5.41) is 4.67. The number of amides is 1. The van der Waals surface area contributed by atoms with Gasteiger partial charge in [-0.05, 0) is 38.1 Å². The number of furan rings is 1. The topological polar surface area (TPSA) is 106 Å².